The number of amides is 1. The number of aliphatic hydroxyl groups excluding tert-OH is 1. The number of aryl methyl sites for hydroxylation is 1. The molecule has 0 aliphatic carbocycles. The Morgan fingerprint density at radius 3 is 3.06 bits per heavy atom. The van der Waals surface area contributed by atoms with Crippen LogP contribution in [0.5, 0.6) is 0 Å². The highest BCUT2D eigenvalue weighted by Gasteiger charge is 2.22. The first kappa shape index (κ1) is 11.9. The van der Waals surface area contributed by atoms with Crippen LogP contribution in [0.25, 0.3) is 0 Å². The summed E-state index contributed by atoms with van der Waals surface area (Å²) < 4.78 is 4.93. The van der Waals surface area contributed by atoms with Crippen LogP contribution < -0.4 is 0 Å². The second-order valence-electron chi connectivity index (χ2n) is 4.34. The second kappa shape index (κ2) is 5.19. The summed E-state index contributed by atoms with van der Waals surface area (Å²) in [5.41, 5.74) is 1.94. The first-order valence-corrected chi connectivity index (χ1v) is 5.83. The minimum absolute atomic E-state index is 0.294. The molecule has 2 rings (SSSR count). The predicted octanol–water partition coefficient (Wildman–Crippen LogP) is 1.87. The first-order valence-electron chi connectivity index (χ1n) is 5.83. The van der Waals surface area contributed by atoms with E-state index in [0.29, 0.717) is 19.7 Å². The number of carbonyl (C=O) groups is 1. The molecule has 1 aromatic carbocycles. The Labute approximate surface area is 101 Å². The molecule has 1 unspecified atom stereocenters. The van der Waals surface area contributed by atoms with E-state index < -0.39 is 6.10 Å². The molecule has 1 fully saturated rings. The van der Waals surface area contributed by atoms with Gasteiger partial charge in [-0.2, -0.15) is 0 Å². The summed E-state index contributed by atoms with van der Waals surface area (Å²) in [4.78, 5) is 13.0. The number of rotatable bonds is 3. The third-order valence-electron chi connectivity index (χ3n) is 2.88. The molecule has 0 aromatic heterocycles. The maximum atomic E-state index is 11.4. The number of cyclic esters (lactones) is 1. The van der Waals surface area contributed by atoms with Crippen LogP contribution in [0.2, 0.25) is 0 Å². The Morgan fingerprint density at radius 2 is 2.35 bits per heavy atom. The third-order valence-corrected chi connectivity index (χ3v) is 2.88. The van der Waals surface area contributed by atoms with Crippen molar-refractivity contribution in [1.82, 2.24) is 4.90 Å². The third kappa shape index (κ3) is 2.97. The molecule has 1 atom stereocenters. The highest BCUT2D eigenvalue weighted by atomic mass is 16.6. The van der Waals surface area contributed by atoms with Crippen LogP contribution in [0.15, 0.2) is 24.3 Å². The molecule has 92 valence electrons. The molecule has 1 heterocycles. The molecular weight excluding hydrogens is 218 g/mol. The second-order valence-corrected chi connectivity index (χ2v) is 4.34. The number of hydrogen-bond acceptors (Lipinski definition) is 3. The van der Waals surface area contributed by atoms with Crippen LogP contribution in [-0.4, -0.2) is 35.8 Å². The molecule has 1 saturated heterocycles. The van der Waals surface area contributed by atoms with E-state index in [1.165, 1.54) is 0 Å². The van der Waals surface area contributed by atoms with Crippen molar-refractivity contribution in [2.75, 3.05) is 19.7 Å². The number of carbonyl (C=O) groups excluding carboxylic acids is 1. The van der Waals surface area contributed by atoms with E-state index in [4.69, 9.17) is 4.74 Å². The zero-order valence-electron chi connectivity index (χ0n) is 9.93. The maximum Gasteiger partial charge on any atom is 0.409 e. The van der Waals surface area contributed by atoms with Crippen molar-refractivity contribution in [1.29, 1.82) is 0 Å². The van der Waals surface area contributed by atoms with Gasteiger partial charge in [0.1, 0.15) is 0 Å². The fourth-order valence-corrected chi connectivity index (χ4v) is 1.95. The molecule has 17 heavy (non-hydrogen) atoms. The quantitative estimate of drug-likeness (QED) is 0.870. The number of benzene rings is 1. The lowest BCUT2D eigenvalue weighted by Crippen LogP contribution is -2.40. The van der Waals surface area contributed by atoms with E-state index in [2.05, 4.69) is 0 Å². The highest BCUT2D eigenvalue weighted by molar-refractivity contribution is 5.68. The summed E-state index contributed by atoms with van der Waals surface area (Å²) in [6, 6.07) is 7.68. The monoisotopic (exact) mass is 235 g/mol. The van der Waals surface area contributed by atoms with Crippen molar-refractivity contribution in [3.05, 3.63) is 35.4 Å². The van der Waals surface area contributed by atoms with Gasteiger partial charge < -0.3 is 14.7 Å². The van der Waals surface area contributed by atoms with Crippen LogP contribution >= 0.6 is 0 Å². The van der Waals surface area contributed by atoms with Crippen LogP contribution in [0.3, 0.4) is 0 Å². The Balaban J connectivity index is 2.00. The smallest absolute Gasteiger partial charge is 0.409 e. The summed E-state index contributed by atoms with van der Waals surface area (Å²) in [7, 11) is 0. The van der Waals surface area contributed by atoms with E-state index in [1.807, 2.05) is 31.2 Å². The van der Waals surface area contributed by atoms with E-state index in [1.54, 1.807) is 4.90 Å². The van der Waals surface area contributed by atoms with E-state index >= 15 is 0 Å². The highest BCUT2D eigenvalue weighted by Crippen LogP contribution is 2.17. The van der Waals surface area contributed by atoms with Gasteiger partial charge in [-0.1, -0.05) is 29.8 Å². The summed E-state index contributed by atoms with van der Waals surface area (Å²) >= 11 is 0. The summed E-state index contributed by atoms with van der Waals surface area (Å²) in [5.74, 6) is 0. The van der Waals surface area contributed by atoms with Gasteiger partial charge in [-0.3, -0.25) is 0 Å². The summed E-state index contributed by atoms with van der Waals surface area (Å²) in [5, 5.41) is 10.1. The lowest BCUT2D eigenvalue weighted by Gasteiger charge is -2.28. The number of aliphatic hydroxyl groups is 1. The van der Waals surface area contributed by atoms with Gasteiger partial charge >= 0.3 is 6.09 Å². The van der Waals surface area contributed by atoms with E-state index in [-0.39, 0.29) is 6.09 Å². The molecule has 1 aromatic rings. The Hall–Kier alpha value is -1.55. The molecule has 1 N–H and O–H groups in total. The minimum atomic E-state index is -0.652. The number of nitrogens with zero attached hydrogens (tertiary/aromatic N) is 1. The fraction of sp³-hybridized carbons (Fsp3) is 0.462. The van der Waals surface area contributed by atoms with Crippen LogP contribution in [0.1, 0.15) is 23.7 Å². The molecule has 0 radical (unpaired) electrons. The zero-order valence-corrected chi connectivity index (χ0v) is 9.93. The standard InChI is InChI=1S/C13H17NO3/c1-10-4-2-5-11(8-10)12(15)9-14-6-3-7-17-13(14)16/h2,4-5,8,12,15H,3,6-7,9H2,1H3. The molecule has 0 bridgehead atoms. The Kier molecular flexibility index (Phi) is 3.64. The molecule has 0 saturated carbocycles. The number of hydrogen-bond donors (Lipinski definition) is 1. The van der Waals surface area contributed by atoms with Gasteiger partial charge in [-0.25, -0.2) is 4.79 Å². The lowest BCUT2D eigenvalue weighted by molar-refractivity contribution is 0.0475. The van der Waals surface area contributed by atoms with Gasteiger partial charge in [-0.15, -0.1) is 0 Å². The molecule has 4 heteroatoms. The van der Waals surface area contributed by atoms with Crippen molar-refractivity contribution < 1.29 is 14.6 Å². The normalized spacial score (nSPS) is 17.8. The molecule has 1 amide bonds. The van der Waals surface area contributed by atoms with Gasteiger partial charge in [0.25, 0.3) is 0 Å². The molecule has 1 aliphatic rings. The Bertz CT molecular complexity index is 405. The van der Waals surface area contributed by atoms with Gasteiger partial charge in [0.15, 0.2) is 0 Å². The molecule has 0 spiro atoms. The van der Waals surface area contributed by atoms with Gasteiger partial charge in [0, 0.05) is 6.54 Å². The SMILES string of the molecule is Cc1cccc(C(O)CN2CCCOC2=O)c1. The predicted molar refractivity (Wildman–Crippen MR) is 63.7 cm³/mol. The summed E-state index contributed by atoms with van der Waals surface area (Å²) in [6.07, 6.45) is -0.157. The first-order chi connectivity index (χ1) is 8.16. The fourth-order valence-electron chi connectivity index (χ4n) is 1.95. The van der Waals surface area contributed by atoms with Crippen molar-refractivity contribution >= 4 is 6.09 Å². The van der Waals surface area contributed by atoms with Crippen molar-refractivity contribution in [3.8, 4) is 0 Å². The van der Waals surface area contributed by atoms with E-state index in [0.717, 1.165) is 17.5 Å². The van der Waals surface area contributed by atoms with Crippen molar-refractivity contribution in [2.45, 2.75) is 19.4 Å². The lowest BCUT2D eigenvalue weighted by atomic mass is 10.1. The average Bonchev–Trinajstić information content (AvgIpc) is 2.32. The van der Waals surface area contributed by atoms with Gasteiger partial charge in [-0.05, 0) is 18.9 Å². The Morgan fingerprint density at radius 1 is 1.53 bits per heavy atom. The van der Waals surface area contributed by atoms with E-state index in [9.17, 15) is 9.90 Å². The van der Waals surface area contributed by atoms with Crippen LogP contribution in [0, 0.1) is 6.92 Å². The number of β-amino-alcohol motifs (C(OH)–C–C–N with tert-alkyl or cyclic N) is 1. The zero-order chi connectivity index (χ0) is 12.3. The van der Waals surface area contributed by atoms with Crippen molar-refractivity contribution in [2.24, 2.45) is 0 Å². The minimum Gasteiger partial charge on any atom is -0.449 e. The van der Waals surface area contributed by atoms with Crippen LogP contribution in [0.4, 0.5) is 4.79 Å². The molecule has 1 aliphatic heterocycles. The largest absolute Gasteiger partial charge is 0.449 e. The van der Waals surface area contributed by atoms with Gasteiger partial charge in [0.2, 0.25) is 0 Å². The van der Waals surface area contributed by atoms with Crippen LogP contribution in [-0.2, 0) is 4.74 Å². The summed E-state index contributed by atoms with van der Waals surface area (Å²) in [6.45, 7) is 3.41. The molecular formula is C13H17NO3. The maximum absolute atomic E-state index is 11.4. The average molecular weight is 235 g/mol. The van der Waals surface area contributed by atoms with Crippen molar-refractivity contribution in [3.63, 3.8) is 0 Å². The molecule has 4 nitrogen and oxygen atoms in total. The van der Waals surface area contributed by atoms with Gasteiger partial charge in [0.05, 0.1) is 19.3 Å². The number of ether oxygens (including phenoxy) is 1. The topological polar surface area (TPSA) is 49.8 Å².